The highest BCUT2D eigenvalue weighted by Gasteiger charge is 2.17. The van der Waals surface area contributed by atoms with Gasteiger partial charge in [0.05, 0.1) is 13.5 Å². The predicted octanol–water partition coefficient (Wildman–Crippen LogP) is 2.97. The first kappa shape index (κ1) is 24.4. The number of anilines is 1. The molecule has 0 radical (unpaired) electrons. The van der Waals surface area contributed by atoms with Gasteiger partial charge in [0.1, 0.15) is 11.8 Å². The maximum Gasteiger partial charge on any atom is 0.246 e. The van der Waals surface area contributed by atoms with Crippen LogP contribution in [0.25, 0.3) is 6.08 Å². The summed E-state index contributed by atoms with van der Waals surface area (Å²) in [5.74, 6) is 2.16. The van der Waals surface area contributed by atoms with Crippen molar-refractivity contribution >= 4 is 41.2 Å². The summed E-state index contributed by atoms with van der Waals surface area (Å²) in [7, 11) is 1.59. The van der Waals surface area contributed by atoms with Gasteiger partial charge in [-0.3, -0.25) is 14.4 Å². The second kappa shape index (κ2) is 12.1. The minimum atomic E-state index is -0.712. The Kier molecular flexibility index (Phi) is 8.95. The predicted molar refractivity (Wildman–Crippen MR) is 132 cm³/mol. The number of nitrogens with one attached hydrogen (secondary N) is 2. The molecule has 3 amide bonds. The first-order valence-electron chi connectivity index (χ1n) is 10.8. The molecule has 3 rings (SSSR count). The monoisotopic (exact) mass is 467 g/mol. The van der Waals surface area contributed by atoms with Gasteiger partial charge in [0.2, 0.25) is 17.7 Å². The summed E-state index contributed by atoms with van der Waals surface area (Å²) in [4.78, 5) is 38.9. The van der Waals surface area contributed by atoms with Crippen molar-refractivity contribution in [3.05, 3.63) is 65.7 Å². The minimum absolute atomic E-state index is 0.131. The number of ether oxygens (including phenoxy) is 1. The molecule has 1 fully saturated rings. The van der Waals surface area contributed by atoms with E-state index in [0.29, 0.717) is 12.1 Å². The molecule has 2 N–H and O–H groups in total. The van der Waals surface area contributed by atoms with Crippen molar-refractivity contribution < 1.29 is 19.1 Å². The van der Waals surface area contributed by atoms with Crippen LogP contribution in [0.5, 0.6) is 5.75 Å². The minimum Gasteiger partial charge on any atom is -0.497 e. The Bertz CT molecular complexity index is 984. The highest BCUT2D eigenvalue weighted by Crippen LogP contribution is 2.14. The van der Waals surface area contributed by atoms with Crippen molar-refractivity contribution in [2.24, 2.45) is 0 Å². The second-order valence-corrected chi connectivity index (χ2v) is 8.92. The lowest BCUT2D eigenvalue weighted by Gasteiger charge is -2.26. The third-order valence-corrected chi connectivity index (χ3v) is 6.18. The van der Waals surface area contributed by atoms with Gasteiger partial charge in [0.15, 0.2) is 0 Å². The SMILES string of the molecule is COc1ccc(/C=C/C(=O)NC(C)C(=O)Nc2ccc(CC(=O)N3CCSCC3)cc2)cc1. The van der Waals surface area contributed by atoms with Gasteiger partial charge in [-0.1, -0.05) is 24.3 Å². The number of amides is 3. The van der Waals surface area contributed by atoms with Gasteiger partial charge < -0.3 is 20.3 Å². The fourth-order valence-corrected chi connectivity index (χ4v) is 4.17. The smallest absolute Gasteiger partial charge is 0.246 e. The first-order valence-corrected chi connectivity index (χ1v) is 12.0. The molecule has 8 heteroatoms. The Morgan fingerprint density at radius 3 is 2.36 bits per heavy atom. The number of hydrogen-bond donors (Lipinski definition) is 2. The summed E-state index contributed by atoms with van der Waals surface area (Å²) in [5.41, 5.74) is 2.36. The van der Waals surface area contributed by atoms with Crippen LogP contribution in [0.4, 0.5) is 5.69 Å². The first-order chi connectivity index (χ1) is 15.9. The highest BCUT2D eigenvalue weighted by molar-refractivity contribution is 7.99. The molecule has 1 aliphatic heterocycles. The Hall–Kier alpha value is -3.26. The Morgan fingerprint density at radius 2 is 1.73 bits per heavy atom. The quantitative estimate of drug-likeness (QED) is 0.583. The topological polar surface area (TPSA) is 87.7 Å². The molecular formula is C25H29N3O4S. The van der Waals surface area contributed by atoms with Crippen LogP contribution >= 0.6 is 11.8 Å². The second-order valence-electron chi connectivity index (χ2n) is 7.69. The van der Waals surface area contributed by atoms with E-state index in [1.807, 2.05) is 53.1 Å². The zero-order chi connectivity index (χ0) is 23.6. The van der Waals surface area contributed by atoms with Crippen molar-refractivity contribution in [1.82, 2.24) is 10.2 Å². The van der Waals surface area contributed by atoms with Crippen LogP contribution in [-0.4, -0.2) is 60.4 Å². The fraction of sp³-hybridized carbons (Fsp3) is 0.320. The third kappa shape index (κ3) is 7.68. The number of carbonyl (C=O) groups is 3. The molecule has 0 bridgehead atoms. The molecule has 1 atom stereocenters. The van der Waals surface area contributed by atoms with Crippen LogP contribution in [0.1, 0.15) is 18.1 Å². The maximum atomic E-state index is 12.4. The van der Waals surface area contributed by atoms with E-state index in [1.54, 1.807) is 32.2 Å². The van der Waals surface area contributed by atoms with Crippen LogP contribution in [0, 0.1) is 0 Å². The maximum absolute atomic E-state index is 12.4. The van der Waals surface area contributed by atoms with E-state index in [-0.39, 0.29) is 17.7 Å². The van der Waals surface area contributed by atoms with Crippen LogP contribution in [-0.2, 0) is 20.8 Å². The molecule has 1 unspecified atom stereocenters. The molecule has 0 aromatic heterocycles. The van der Waals surface area contributed by atoms with Gasteiger partial charge in [-0.05, 0) is 48.4 Å². The highest BCUT2D eigenvalue weighted by atomic mass is 32.2. The molecule has 174 valence electrons. The van der Waals surface area contributed by atoms with E-state index >= 15 is 0 Å². The molecular weight excluding hydrogens is 438 g/mol. The molecule has 7 nitrogen and oxygen atoms in total. The number of carbonyl (C=O) groups excluding carboxylic acids is 3. The number of methoxy groups -OCH3 is 1. The summed E-state index contributed by atoms with van der Waals surface area (Å²) in [6, 6.07) is 13.8. The van der Waals surface area contributed by atoms with E-state index in [0.717, 1.165) is 41.5 Å². The van der Waals surface area contributed by atoms with Crippen LogP contribution in [0.2, 0.25) is 0 Å². The average Bonchev–Trinajstić information content (AvgIpc) is 2.84. The van der Waals surface area contributed by atoms with Crippen molar-refractivity contribution in [3.8, 4) is 5.75 Å². The molecule has 1 aliphatic rings. The number of rotatable bonds is 8. The third-order valence-electron chi connectivity index (χ3n) is 5.24. The summed E-state index contributed by atoms with van der Waals surface area (Å²) < 4.78 is 5.11. The van der Waals surface area contributed by atoms with Crippen molar-refractivity contribution in [1.29, 1.82) is 0 Å². The van der Waals surface area contributed by atoms with Gasteiger partial charge in [0.25, 0.3) is 0 Å². The summed E-state index contributed by atoms with van der Waals surface area (Å²) >= 11 is 1.87. The van der Waals surface area contributed by atoms with Crippen molar-refractivity contribution in [2.75, 3.05) is 37.0 Å². The van der Waals surface area contributed by atoms with E-state index in [9.17, 15) is 14.4 Å². The molecule has 2 aromatic rings. The number of hydrogen-bond acceptors (Lipinski definition) is 5. The van der Waals surface area contributed by atoms with Crippen molar-refractivity contribution in [2.45, 2.75) is 19.4 Å². The summed E-state index contributed by atoms with van der Waals surface area (Å²) in [6.07, 6.45) is 3.41. The van der Waals surface area contributed by atoms with Crippen LogP contribution < -0.4 is 15.4 Å². The van der Waals surface area contributed by atoms with E-state index in [4.69, 9.17) is 4.74 Å². The van der Waals surface area contributed by atoms with Gasteiger partial charge in [0, 0.05) is 36.4 Å². The van der Waals surface area contributed by atoms with Gasteiger partial charge >= 0.3 is 0 Å². The lowest BCUT2D eigenvalue weighted by atomic mass is 10.1. The largest absolute Gasteiger partial charge is 0.497 e. The van der Waals surface area contributed by atoms with Gasteiger partial charge in [-0.15, -0.1) is 0 Å². The number of thioether (sulfide) groups is 1. The molecule has 1 heterocycles. The van der Waals surface area contributed by atoms with Crippen molar-refractivity contribution in [3.63, 3.8) is 0 Å². The van der Waals surface area contributed by atoms with Crippen LogP contribution in [0.3, 0.4) is 0 Å². The zero-order valence-electron chi connectivity index (χ0n) is 18.9. The Morgan fingerprint density at radius 1 is 1.06 bits per heavy atom. The summed E-state index contributed by atoms with van der Waals surface area (Å²) in [5, 5.41) is 5.44. The molecule has 2 aromatic carbocycles. The normalized spacial score (nSPS) is 14.5. The standard InChI is InChI=1S/C25H29N3O4S/c1-18(26-23(29)12-7-19-5-10-22(32-2)11-6-19)25(31)27-21-8-3-20(4-9-21)17-24(30)28-13-15-33-16-14-28/h3-12,18H,13-17H2,1-2H3,(H,26,29)(H,27,31)/b12-7+. The summed E-state index contributed by atoms with van der Waals surface area (Å²) in [6.45, 7) is 3.23. The molecule has 0 saturated carbocycles. The number of nitrogens with zero attached hydrogens (tertiary/aromatic N) is 1. The van der Waals surface area contributed by atoms with Gasteiger partial charge in [-0.2, -0.15) is 11.8 Å². The molecule has 0 aliphatic carbocycles. The lowest BCUT2D eigenvalue weighted by molar-refractivity contribution is -0.130. The Balaban J connectivity index is 1.45. The Labute approximate surface area is 198 Å². The van der Waals surface area contributed by atoms with E-state index < -0.39 is 6.04 Å². The average molecular weight is 468 g/mol. The zero-order valence-corrected chi connectivity index (χ0v) is 19.7. The van der Waals surface area contributed by atoms with E-state index in [1.165, 1.54) is 6.08 Å². The fourth-order valence-electron chi connectivity index (χ4n) is 3.27. The molecule has 0 spiro atoms. The number of benzene rings is 2. The lowest BCUT2D eigenvalue weighted by Crippen LogP contribution is -2.40. The van der Waals surface area contributed by atoms with Gasteiger partial charge in [-0.25, -0.2) is 0 Å². The van der Waals surface area contributed by atoms with Crippen LogP contribution in [0.15, 0.2) is 54.6 Å². The van der Waals surface area contributed by atoms with E-state index in [2.05, 4.69) is 10.6 Å². The molecule has 1 saturated heterocycles. The molecule has 33 heavy (non-hydrogen) atoms.